The molecule has 4 rings (SSSR count). The third-order valence-electron chi connectivity index (χ3n) is 5.60. The maximum Gasteiger partial charge on any atom is 0.231 e. The Morgan fingerprint density at radius 1 is 0.886 bits per heavy atom. The molecule has 3 aromatic carbocycles. The summed E-state index contributed by atoms with van der Waals surface area (Å²) in [6.45, 7) is 0. The summed E-state index contributed by atoms with van der Waals surface area (Å²) in [6, 6.07) is 8.19. The lowest BCUT2D eigenvalue weighted by atomic mass is 10.0. The number of hydrogen-bond acceptors (Lipinski definition) is 2. The Labute approximate surface area is 210 Å². The van der Waals surface area contributed by atoms with Gasteiger partial charge in [-0.3, -0.25) is 9.59 Å². The molecule has 1 amide bonds. The van der Waals surface area contributed by atoms with Crippen LogP contribution in [0.2, 0.25) is 5.02 Å². The van der Waals surface area contributed by atoms with Gasteiger partial charge in [0, 0.05) is 29.7 Å². The van der Waals surface area contributed by atoms with Gasteiger partial charge in [-0.15, -0.1) is 23.2 Å². The van der Waals surface area contributed by atoms with Crippen molar-refractivity contribution in [2.45, 2.75) is 16.7 Å². The van der Waals surface area contributed by atoms with Crippen LogP contribution >= 0.6 is 34.8 Å². The third kappa shape index (κ3) is 5.01. The normalized spacial score (nSPS) is 18.3. The van der Waals surface area contributed by atoms with Crippen LogP contribution in [0.3, 0.4) is 0 Å². The quantitative estimate of drug-likeness (QED) is 0.156. The van der Waals surface area contributed by atoms with E-state index >= 15 is 0 Å². The van der Waals surface area contributed by atoms with Crippen LogP contribution < -0.4 is 5.32 Å². The van der Waals surface area contributed by atoms with Crippen LogP contribution in [-0.4, -0.2) is 16.0 Å². The second kappa shape index (κ2) is 9.41. The maximum absolute atomic E-state index is 13.9. The van der Waals surface area contributed by atoms with Crippen molar-refractivity contribution in [2.24, 2.45) is 5.92 Å². The van der Waals surface area contributed by atoms with Crippen LogP contribution in [0.1, 0.15) is 27.4 Å². The van der Waals surface area contributed by atoms with Crippen LogP contribution in [0.5, 0.6) is 0 Å². The van der Waals surface area contributed by atoms with Gasteiger partial charge in [-0.1, -0.05) is 17.7 Å². The average molecular weight is 549 g/mol. The molecule has 1 aliphatic carbocycles. The molecular formula is C24H13Cl3F5NO2. The molecule has 35 heavy (non-hydrogen) atoms. The Kier molecular flexibility index (Phi) is 6.83. The second-order valence-electron chi connectivity index (χ2n) is 7.95. The molecule has 0 spiro atoms. The van der Waals surface area contributed by atoms with Crippen LogP contribution in [-0.2, 0) is 11.2 Å². The van der Waals surface area contributed by atoms with Crippen molar-refractivity contribution in [3.8, 4) is 0 Å². The minimum absolute atomic E-state index is 0.0288. The Balaban J connectivity index is 1.52. The number of rotatable bonds is 6. The van der Waals surface area contributed by atoms with Gasteiger partial charge in [0.2, 0.25) is 5.91 Å². The third-order valence-corrected chi connectivity index (χ3v) is 6.87. The molecule has 1 saturated carbocycles. The summed E-state index contributed by atoms with van der Waals surface area (Å²) in [4.78, 5) is 25.5. The molecule has 0 heterocycles. The molecule has 2 atom stereocenters. The largest absolute Gasteiger partial charge is 0.326 e. The molecule has 0 radical (unpaired) electrons. The summed E-state index contributed by atoms with van der Waals surface area (Å²) in [6.07, 6.45) is -0.415. The minimum atomic E-state index is -1.72. The number of alkyl halides is 2. The number of halogens is 8. The van der Waals surface area contributed by atoms with E-state index in [4.69, 9.17) is 34.8 Å². The molecule has 1 fully saturated rings. The zero-order chi connectivity index (χ0) is 25.7. The molecule has 0 saturated heterocycles. The fourth-order valence-electron chi connectivity index (χ4n) is 3.79. The molecular weight excluding hydrogens is 536 g/mol. The second-order valence-corrected chi connectivity index (χ2v) is 9.80. The van der Waals surface area contributed by atoms with E-state index in [9.17, 15) is 31.5 Å². The van der Waals surface area contributed by atoms with E-state index in [1.807, 2.05) is 0 Å². The number of carbonyl (C=O) groups is 2. The van der Waals surface area contributed by atoms with E-state index in [0.29, 0.717) is 18.2 Å². The summed E-state index contributed by atoms with van der Waals surface area (Å²) < 4.78 is 65.8. The summed E-state index contributed by atoms with van der Waals surface area (Å²) in [5.74, 6) is -9.74. The average Bonchev–Trinajstić information content (AvgIpc) is 3.37. The van der Waals surface area contributed by atoms with Crippen molar-refractivity contribution >= 4 is 52.2 Å². The summed E-state index contributed by atoms with van der Waals surface area (Å²) in [7, 11) is 0. The fraction of sp³-hybridized carbons (Fsp3) is 0.167. The zero-order valence-electron chi connectivity index (χ0n) is 17.3. The first-order chi connectivity index (χ1) is 16.4. The number of anilines is 1. The van der Waals surface area contributed by atoms with E-state index < -0.39 is 63.4 Å². The topological polar surface area (TPSA) is 46.2 Å². The van der Waals surface area contributed by atoms with Gasteiger partial charge >= 0.3 is 0 Å². The van der Waals surface area contributed by atoms with Gasteiger partial charge < -0.3 is 5.32 Å². The minimum Gasteiger partial charge on any atom is -0.326 e. The Morgan fingerprint density at radius 3 is 2.17 bits per heavy atom. The van der Waals surface area contributed by atoms with E-state index in [1.54, 1.807) is 0 Å². The van der Waals surface area contributed by atoms with Crippen molar-refractivity contribution in [3.05, 3.63) is 99.3 Å². The van der Waals surface area contributed by atoms with Gasteiger partial charge in [-0.25, -0.2) is 22.0 Å². The number of hydrogen-bond donors (Lipinski definition) is 1. The lowest BCUT2D eigenvalue weighted by Gasteiger charge is -2.10. The first-order valence-corrected chi connectivity index (χ1v) is 11.1. The molecule has 3 aromatic rings. The van der Waals surface area contributed by atoms with E-state index in [-0.39, 0.29) is 27.4 Å². The highest BCUT2D eigenvalue weighted by atomic mass is 35.5. The first kappa shape index (κ1) is 25.4. The standard InChI is InChI=1S/C24H13Cl3F5NO2/c25-15-4-3-13(9-14(15)19(34)7-10-1-2-12(28)8-16(10)29)33-23(35)21-20(24(21,26)27)11-5-17(30)22(32)18(31)6-11/h1-6,8-9,20-21H,7H2,(H,33,35)/t20-,21+/m0/s1. The summed E-state index contributed by atoms with van der Waals surface area (Å²) >= 11 is 18.4. The van der Waals surface area contributed by atoms with E-state index in [2.05, 4.69) is 5.32 Å². The number of benzene rings is 3. The van der Waals surface area contributed by atoms with Crippen molar-refractivity contribution in [3.63, 3.8) is 0 Å². The SMILES string of the molecule is O=C(Cc1ccc(F)cc1F)c1cc(NC(=O)[C@H]2[C@H](c3cc(F)c(F)c(F)c3)C2(Cl)Cl)ccc1Cl. The Bertz CT molecular complexity index is 1340. The number of ketones is 1. The van der Waals surface area contributed by atoms with E-state index in [0.717, 1.165) is 12.1 Å². The van der Waals surface area contributed by atoms with Crippen molar-refractivity contribution < 1.29 is 31.5 Å². The lowest BCUT2D eigenvalue weighted by molar-refractivity contribution is -0.117. The van der Waals surface area contributed by atoms with Crippen LogP contribution in [0.15, 0.2) is 48.5 Å². The number of carbonyl (C=O) groups excluding carboxylic acids is 2. The van der Waals surface area contributed by atoms with Gasteiger partial charge in [-0.2, -0.15) is 0 Å². The van der Waals surface area contributed by atoms with Gasteiger partial charge in [-0.05, 0) is 47.5 Å². The van der Waals surface area contributed by atoms with Gasteiger partial charge in [0.05, 0.1) is 10.9 Å². The molecule has 3 nitrogen and oxygen atoms in total. The first-order valence-electron chi connectivity index (χ1n) is 10.00. The number of Topliss-reactive ketones (excluding diaryl/α,β-unsaturated/α-hetero) is 1. The monoisotopic (exact) mass is 547 g/mol. The highest BCUT2D eigenvalue weighted by molar-refractivity contribution is 6.53. The van der Waals surface area contributed by atoms with Crippen LogP contribution in [0, 0.1) is 35.0 Å². The predicted octanol–water partition coefficient (Wildman–Crippen LogP) is 6.99. The van der Waals surface area contributed by atoms with Crippen molar-refractivity contribution in [1.82, 2.24) is 0 Å². The molecule has 0 aromatic heterocycles. The fourth-order valence-corrected chi connectivity index (χ4v) is 4.84. The highest BCUT2D eigenvalue weighted by Gasteiger charge is 2.67. The van der Waals surface area contributed by atoms with Crippen molar-refractivity contribution in [1.29, 1.82) is 0 Å². The van der Waals surface area contributed by atoms with Gasteiger partial charge in [0.15, 0.2) is 23.2 Å². The van der Waals surface area contributed by atoms with Crippen molar-refractivity contribution in [2.75, 3.05) is 5.32 Å². The van der Waals surface area contributed by atoms with Gasteiger partial charge in [0.1, 0.15) is 16.0 Å². The highest BCUT2D eigenvalue weighted by Crippen LogP contribution is 2.65. The maximum atomic E-state index is 13.9. The number of nitrogens with one attached hydrogen (secondary N) is 1. The molecule has 1 N–H and O–H groups in total. The summed E-state index contributed by atoms with van der Waals surface area (Å²) in [5, 5.41) is 2.53. The molecule has 0 unspecified atom stereocenters. The number of amides is 1. The van der Waals surface area contributed by atoms with Crippen LogP contribution in [0.4, 0.5) is 27.6 Å². The smallest absolute Gasteiger partial charge is 0.231 e. The van der Waals surface area contributed by atoms with E-state index in [1.165, 1.54) is 18.2 Å². The Hall–Kier alpha value is -2.68. The molecule has 182 valence electrons. The molecule has 1 aliphatic rings. The Morgan fingerprint density at radius 2 is 1.54 bits per heavy atom. The molecule has 11 heteroatoms. The zero-order valence-corrected chi connectivity index (χ0v) is 19.6. The van der Waals surface area contributed by atoms with Gasteiger partial charge in [0.25, 0.3) is 0 Å². The molecule has 0 bridgehead atoms. The molecule has 0 aliphatic heterocycles. The summed E-state index contributed by atoms with van der Waals surface area (Å²) in [5.41, 5.74) is -0.0600. The van der Waals surface area contributed by atoms with Crippen LogP contribution in [0.25, 0.3) is 0 Å². The lowest BCUT2D eigenvalue weighted by Crippen LogP contribution is -2.17. The predicted molar refractivity (Wildman–Crippen MR) is 121 cm³/mol.